The second kappa shape index (κ2) is 8.96. The molecule has 1 N–H and O–H groups in total. The largest absolute Gasteiger partial charge is 0.497 e. The van der Waals surface area contributed by atoms with E-state index in [1.165, 1.54) is 0 Å². The van der Waals surface area contributed by atoms with Crippen LogP contribution < -0.4 is 14.0 Å². The Balaban J connectivity index is 1.80. The number of aromatic nitrogens is 1. The van der Waals surface area contributed by atoms with E-state index in [1.807, 2.05) is 53.9 Å². The van der Waals surface area contributed by atoms with Gasteiger partial charge in [0.2, 0.25) is 5.52 Å². The van der Waals surface area contributed by atoms with E-state index < -0.39 is 10.1 Å². The molecule has 162 valence electrons. The van der Waals surface area contributed by atoms with Gasteiger partial charge in [0.05, 0.1) is 20.0 Å². The van der Waals surface area contributed by atoms with Gasteiger partial charge in [0.15, 0.2) is 6.54 Å². The Hall–Kier alpha value is -2.46. The molecule has 31 heavy (non-hydrogen) atoms. The van der Waals surface area contributed by atoms with Gasteiger partial charge in [-0.1, -0.05) is 23.5 Å². The zero-order valence-corrected chi connectivity index (χ0v) is 19.5. The van der Waals surface area contributed by atoms with Crippen LogP contribution in [0, 0.1) is 0 Å². The van der Waals surface area contributed by atoms with Crippen LogP contribution in [0.4, 0.5) is 0 Å². The molecule has 2 aromatic carbocycles. The first-order valence-corrected chi connectivity index (χ1v) is 12.9. The van der Waals surface area contributed by atoms with Gasteiger partial charge in [0.25, 0.3) is 15.1 Å². The lowest BCUT2D eigenvalue weighted by Gasteiger charge is -2.02. The van der Waals surface area contributed by atoms with Gasteiger partial charge in [0, 0.05) is 23.9 Å². The maximum atomic E-state index is 11.2. The van der Waals surface area contributed by atoms with Crippen LogP contribution in [0.2, 0.25) is 0 Å². The van der Waals surface area contributed by atoms with Crippen molar-refractivity contribution in [2.24, 2.45) is 0 Å². The fourth-order valence-corrected chi connectivity index (χ4v) is 6.13. The normalized spacial score (nSPS) is 12.2. The summed E-state index contributed by atoms with van der Waals surface area (Å²) in [5.74, 6) is 1.34. The molecule has 0 amide bonds. The molecule has 2 heterocycles. The summed E-state index contributed by atoms with van der Waals surface area (Å²) in [6.07, 6.45) is 4.37. The van der Waals surface area contributed by atoms with Crippen molar-refractivity contribution in [2.75, 3.05) is 20.0 Å². The van der Waals surface area contributed by atoms with Crippen LogP contribution in [0.15, 0.2) is 41.8 Å². The fraction of sp³-hybridized carbons (Fsp3) is 0.227. The van der Waals surface area contributed by atoms with Crippen LogP contribution in [0.3, 0.4) is 0 Å². The molecule has 0 aliphatic carbocycles. The zero-order valence-electron chi connectivity index (χ0n) is 17.1. The molecule has 0 saturated heterocycles. The maximum Gasteiger partial charge on any atom is 0.265 e. The van der Waals surface area contributed by atoms with Gasteiger partial charge in [-0.25, -0.2) is 0 Å². The molecular weight excluding hydrogens is 454 g/mol. The molecule has 0 bridgehead atoms. The van der Waals surface area contributed by atoms with Crippen molar-refractivity contribution >= 4 is 65.2 Å². The molecule has 0 saturated carbocycles. The predicted octanol–water partition coefficient (Wildman–Crippen LogP) is 4.87. The summed E-state index contributed by atoms with van der Waals surface area (Å²) in [6.45, 7) is 0.474. The highest BCUT2D eigenvalue weighted by atomic mass is 32.2. The van der Waals surface area contributed by atoms with Gasteiger partial charge in [-0.05, 0) is 35.2 Å². The van der Waals surface area contributed by atoms with Crippen molar-refractivity contribution in [3.8, 4) is 11.5 Å². The minimum absolute atomic E-state index is 0.275. The van der Waals surface area contributed by atoms with E-state index in [0.717, 1.165) is 42.4 Å². The zero-order chi connectivity index (χ0) is 22.0. The lowest BCUT2D eigenvalue weighted by Crippen LogP contribution is -2.36. The third-order valence-electron chi connectivity index (χ3n) is 4.93. The highest BCUT2D eigenvalue weighted by Crippen LogP contribution is 2.38. The first-order chi connectivity index (χ1) is 14.9. The molecule has 0 unspecified atom stereocenters. The lowest BCUT2D eigenvalue weighted by atomic mass is 10.2. The molecule has 4 rings (SSSR count). The molecule has 0 spiro atoms. The Morgan fingerprint density at radius 1 is 1.10 bits per heavy atom. The third kappa shape index (κ3) is 4.74. The number of thiazole rings is 1. The van der Waals surface area contributed by atoms with E-state index in [4.69, 9.17) is 14.0 Å². The molecule has 2 aromatic heterocycles. The quantitative estimate of drug-likeness (QED) is 0.290. The van der Waals surface area contributed by atoms with Crippen LogP contribution >= 0.6 is 22.7 Å². The van der Waals surface area contributed by atoms with E-state index in [-0.39, 0.29) is 5.75 Å². The van der Waals surface area contributed by atoms with Gasteiger partial charge in [-0.3, -0.25) is 4.55 Å². The summed E-state index contributed by atoms with van der Waals surface area (Å²) in [4.78, 5) is 0. The van der Waals surface area contributed by atoms with E-state index in [2.05, 4.69) is 4.57 Å². The minimum Gasteiger partial charge on any atom is -0.497 e. The number of methoxy groups -OCH3 is 2. The molecule has 0 aliphatic heterocycles. The number of hydrogen-bond donors (Lipinski definition) is 1. The predicted molar refractivity (Wildman–Crippen MR) is 127 cm³/mol. The molecule has 4 aromatic rings. The van der Waals surface area contributed by atoms with Crippen LogP contribution in [0.25, 0.3) is 32.5 Å². The van der Waals surface area contributed by atoms with Crippen LogP contribution in [-0.4, -0.2) is 32.9 Å². The van der Waals surface area contributed by atoms with Crippen molar-refractivity contribution < 1.29 is 27.0 Å². The van der Waals surface area contributed by atoms with E-state index in [9.17, 15) is 8.42 Å². The molecule has 0 aliphatic rings. The summed E-state index contributed by atoms with van der Waals surface area (Å²) >= 11 is 3.25. The maximum absolute atomic E-state index is 11.2. The van der Waals surface area contributed by atoms with Crippen molar-refractivity contribution in [3.63, 3.8) is 0 Å². The first-order valence-electron chi connectivity index (χ1n) is 9.57. The van der Waals surface area contributed by atoms with Crippen LogP contribution in [0.5, 0.6) is 11.5 Å². The second-order valence-electron chi connectivity index (χ2n) is 6.93. The van der Waals surface area contributed by atoms with Crippen molar-refractivity contribution in [3.05, 3.63) is 52.3 Å². The SMILES string of the molecule is COc1ccc(/C=C/c2sc3cc(OC)c4ccsc4c3[n+]2CCCS(=O)(=O)O)cc1. The Morgan fingerprint density at radius 2 is 1.87 bits per heavy atom. The number of ether oxygens (including phenoxy) is 2. The van der Waals surface area contributed by atoms with Gasteiger partial charge in [0.1, 0.15) is 20.9 Å². The van der Waals surface area contributed by atoms with E-state index in [1.54, 1.807) is 36.9 Å². The topological polar surface area (TPSA) is 76.7 Å². The Labute approximate surface area is 188 Å². The first kappa shape index (κ1) is 21.8. The number of thiophene rings is 1. The third-order valence-corrected chi connectivity index (χ3v) is 7.75. The highest BCUT2D eigenvalue weighted by molar-refractivity contribution is 7.85. The Bertz CT molecular complexity index is 1350. The molecule has 9 heteroatoms. The Kier molecular flexibility index (Phi) is 6.29. The number of benzene rings is 2. The van der Waals surface area contributed by atoms with Crippen molar-refractivity contribution in [2.45, 2.75) is 13.0 Å². The number of fused-ring (bicyclic) bond motifs is 3. The number of nitrogens with zero attached hydrogens (tertiary/aromatic N) is 1. The second-order valence-corrected chi connectivity index (χ2v) is 10.5. The number of hydrogen-bond acceptors (Lipinski definition) is 6. The summed E-state index contributed by atoms with van der Waals surface area (Å²) in [5.41, 5.74) is 2.09. The molecule has 0 atom stereocenters. The average Bonchev–Trinajstić information content (AvgIpc) is 3.36. The van der Waals surface area contributed by atoms with Gasteiger partial charge in [-0.2, -0.15) is 13.0 Å². The molecule has 0 radical (unpaired) electrons. The van der Waals surface area contributed by atoms with Crippen molar-refractivity contribution in [1.82, 2.24) is 0 Å². The standard InChI is InChI=1S/C22H21NO5S3/c1-27-16-7-4-15(5-8-16)6-9-20-23(11-3-13-31(24,25)26)21-19(30-20)14-18(28-2)17-10-12-29-22(17)21/h4-10,12,14H,3,11,13H2,1-2H3/p+1/b9-6+. The fourth-order valence-electron chi connectivity index (χ4n) is 3.48. The summed E-state index contributed by atoms with van der Waals surface area (Å²) in [5, 5.41) is 4.05. The van der Waals surface area contributed by atoms with Crippen LogP contribution in [-0.2, 0) is 16.7 Å². The summed E-state index contributed by atoms with van der Waals surface area (Å²) < 4.78 is 46.7. The summed E-state index contributed by atoms with van der Waals surface area (Å²) in [7, 11) is -0.706. The number of aryl methyl sites for hydroxylation is 1. The lowest BCUT2D eigenvalue weighted by molar-refractivity contribution is -0.667. The smallest absolute Gasteiger partial charge is 0.265 e. The van der Waals surface area contributed by atoms with Gasteiger partial charge < -0.3 is 9.47 Å². The molecular formula is C22H22NO5S3+. The Morgan fingerprint density at radius 3 is 2.55 bits per heavy atom. The van der Waals surface area contributed by atoms with E-state index in [0.29, 0.717) is 13.0 Å². The molecule has 0 fully saturated rings. The van der Waals surface area contributed by atoms with Crippen LogP contribution in [0.1, 0.15) is 17.0 Å². The van der Waals surface area contributed by atoms with Gasteiger partial charge >= 0.3 is 0 Å². The summed E-state index contributed by atoms with van der Waals surface area (Å²) in [6, 6.07) is 11.8. The highest BCUT2D eigenvalue weighted by Gasteiger charge is 2.24. The number of rotatable bonds is 8. The van der Waals surface area contributed by atoms with E-state index >= 15 is 0 Å². The molecule has 6 nitrogen and oxygen atoms in total. The monoisotopic (exact) mass is 476 g/mol. The average molecular weight is 477 g/mol. The van der Waals surface area contributed by atoms with Gasteiger partial charge in [-0.15, -0.1) is 11.3 Å². The minimum atomic E-state index is -4.00. The van der Waals surface area contributed by atoms with Crippen molar-refractivity contribution in [1.29, 1.82) is 0 Å².